The van der Waals surface area contributed by atoms with E-state index in [0.29, 0.717) is 24.0 Å². The fourth-order valence-corrected chi connectivity index (χ4v) is 4.56. The smallest absolute Gasteiger partial charge is 0.225 e. The van der Waals surface area contributed by atoms with Gasteiger partial charge in [0.15, 0.2) is 11.0 Å². The van der Waals surface area contributed by atoms with Crippen molar-refractivity contribution in [2.45, 2.75) is 25.1 Å². The van der Waals surface area contributed by atoms with E-state index in [1.807, 2.05) is 4.90 Å². The molecular formula is C17H19F2N7S. The van der Waals surface area contributed by atoms with Crippen molar-refractivity contribution >= 4 is 22.9 Å². The van der Waals surface area contributed by atoms with Gasteiger partial charge in [-0.3, -0.25) is 9.97 Å². The highest BCUT2D eigenvalue weighted by Gasteiger charge is 2.52. The molecule has 7 nitrogen and oxygen atoms in total. The van der Waals surface area contributed by atoms with Crippen LogP contribution in [0.25, 0.3) is 0 Å². The molecule has 0 spiro atoms. The normalized spacial score (nSPS) is 25.3. The first kappa shape index (κ1) is 18.0. The Balaban J connectivity index is 1.75. The minimum absolute atomic E-state index is 0.0991. The Hall–Kier alpha value is -2.36. The van der Waals surface area contributed by atoms with E-state index >= 15 is 0 Å². The lowest BCUT2D eigenvalue weighted by Gasteiger charge is -2.33. The number of aliphatic imine (C=N–C) groups is 1. The van der Waals surface area contributed by atoms with Crippen LogP contribution in [0.3, 0.4) is 0 Å². The standard InChI is InChI=1S/C17H19F2N7S/c1-16(2,19)13-11(18)5-23-15(24-13)26-7-10-8-27-14(20)25-17(10,9-26)12-6-21-3-4-22-12/h3-6,10H,7-9H2,1-2H3,(H2,20,25)/t10-,17?/m0/s1. The minimum atomic E-state index is -1.91. The number of alkyl halides is 1. The summed E-state index contributed by atoms with van der Waals surface area (Å²) < 4.78 is 28.3. The summed E-state index contributed by atoms with van der Waals surface area (Å²) >= 11 is 1.49. The van der Waals surface area contributed by atoms with Crippen LogP contribution in [0.4, 0.5) is 14.7 Å². The van der Waals surface area contributed by atoms with Crippen LogP contribution in [0.2, 0.25) is 0 Å². The van der Waals surface area contributed by atoms with Crippen LogP contribution >= 0.6 is 11.8 Å². The molecule has 0 aromatic carbocycles. The number of nitrogens with two attached hydrogens (primary N) is 1. The third-order valence-corrected chi connectivity index (χ3v) is 5.83. The summed E-state index contributed by atoms with van der Waals surface area (Å²) in [6, 6.07) is 0. The first-order valence-electron chi connectivity index (χ1n) is 8.51. The largest absolute Gasteiger partial charge is 0.379 e. The van der Waals surface area contributed by atoms with Crippen molar-refractivity contribution < 1.29 is 8.78 Å². The summed E-state index contributed by atoms with van der Waals surface area (Å²) in [6.07, 6.45) is 5.92. The third kappa shape index (κ3) is 3.11. The fraction of sp³-hybridized carbons (Fsp3) is 0.471. The molecule has 2 atom stereocenters. The molecular weight excluding hydrogens is 372 g/mol. The van der Waals surface area contributed by atoms with Crippen molar-refractivity contribution in [2.75, 3.05) is 23.7 Å². The van der Waals surface area contributed by atoms with Crippen molar-refractivity contribution in [1.82, 2.24) is 19.9 Å². The van der Waals surface area contributed by atoms with Gasteiger partial charge in [-0.15, -0.1) is 0 Å². The molecule has 1 saturated heterocycles. The highest BCUT2D eigenvalue weighted by molar-refractivity contribution is 8.13. The zero-order chi connectivity index (χ0) is 19.2. The zero-order valence-corrected chi connectivity index (χ0v) is 15.7. The van der Waals surface area contributed by atoms with Crippen molar-refractivity contribution in [2.24, 2.45) is 16.6 Å². The van der Waals surface area contributed by atoms with Gasteiger partial charge in [-0.25, -0.2) is 23.7 Å². The number of hydrogen-bond acceptors (Lipinski definition) is 8. The van der Waals surface area contributed by atoms with Crippen LogP contribution in [-0.2, 0) is 11.2 Å². The van der Waals surface area contributed by atoms with E-state index in [0.717, 1.165) is 11.9 Å². The molecule has 27 heavy (non-hydrogen) atoms. The van der Waals surface area contributed by atoms with Gasteiger partial charge < -0.3 is 10.6 Å². The van der Waals surface area contributed by atoms with E-state index in [1.54, 1.807) is 18.6 Å². The molecule has 0 bridgehead atoms. The van der Waals surface area contributed by atoms with E-state index in [-0.39, 0.29) is 17.6 Å². The van der Waals surface area contributed by atoms with E-state index in [9.17, 15) is 8.78 Å². The molecule has 0 amide bonds. The van der Waals surface area contributed by atoms with E-state index in [1.165, 1.54) is 25.6 Å². The highest BCUT2D eigenvalue weighted by atomic mass is 32.2. The van der Waals surface area contributed by atoms with Crippen LogP contribution < -0.4 is 10.6 Å². The van der Waals surface area contributed by atoms with Crippen LogP contribution in [0.15, 0.2) is 29.8 Å². The molecule has 4 heterocycles. The van der Waals surface area contributed by atoms with Crippen LogP contribution in [0.5, 0.6) is 0 Å². The SMILES string of the molecule is CC(C)(F)c1nc(N2C[C@H]3CSC(N)=NC3(c3cnccn3)C2)ncc1F. The summed E-state index contributed by atoms with van der Waals surface area (Å²) in [7, 11) is 0. The second kappa shape index (κ2) is 6.36. The molecule has 2 aliphatic rings. The Kier molecular flexibility index (Phi) is 4.25. The summed E-state index contributed by atoms with van der Waals surface area (Å²) in [5, 5.41) is 0.490. The van der Waals surface area contributed by atoms with E-state index in [4.69, 9.17) is 10.7 Å². The second-order valence-corrected chi connectivity index (χ2v) is 8.23. The van der Waals surface area contributed by atoms with Gasteiger partial charge in [0, 0.05) is 30.6 Å². The van der Waals surface area contributed by atoms with E-state index < -0.39 is 17.0 Å². The number of thioether (sulfide) groups is 1. The number of hydrogen-bond donors (Lipinski definition) is 1. The Morgan fingerprint density at radius 1 is 1.30 bits per heavy atom. The molecule has 0 saturated carbocycles. The maximum atomic E-state index is 14.3. The van der Waals surface area contributed by atoms with Gasteiger partial charge in [0.2, 0.25) is 5.95 Å². The second-order valence-electron chi connectivity index (χ2n) is 7.19. The monoisotopic (exact) mass is 391 g/mol. The Morgan fingerprint density at radius 3 is 2.81 bits per heavy atom. The molecule has 2 aliphatic heterocycles. The molecule has 0 radical (unpaired) electrons. The van der Waals surface area contributed by atoms with Crippen molar-refractivity contribution in [3.63, 3.8) is 0 Å². The van der Waals surface area contributed by atoms with Gasteiger partial charge in [-0.05, 0) is 13.8 Å². The number of nitrogens with zero attached hydrogens (tertiary/aromatic N) is 6. The Labute approximate surface area is 159 Å². The van der Waals surface area contributed by atoms with Crippen molar-refractivity contribution in [3.05, 3.63) is 42.0 Å². The third-order valence-electron chi connectivity index (χ3n) is 4.87. The number of rotatable bonds is 3. The topological polar surface area (TPSA) is 93.2 Å². The van der Waals surface area contributed by atoms with Gasteiger partial charge in [0.05, 0.1) is 24.6 Å². The lowest BCUT2D eigenvalue weighted by Crippen LogP contribution is -2.40. The number of amidine groups is 1. The lowest BCUT2D eigenvalue weighted by molar-refractivity contribution is 0.205. The minimum Gasteiger partial charge on any atom is -0.379 e. The molecule has 0 aliphatic carbocycles. The number of anilines is 1. The maximum absolute atomic E-state index is 14.3. The zero-order valence-electron chi connectivity index (χ0n) is 14.9. The Morgan fingerprint density at radius 2 is 2.11 bits per heavy atom. The van der Waals surface area contributed by atoms with Crippen LogP contribution in [0, 0.1) is 11.7 Å². The first-order valence-corrected chi connectivity index (χ1v) is 9.49. The average Bonchev–Trinajstić information content (AvgIpc) is 3.02. The van der Waals surface area contributed by atoms with Gasteiger partial charge in [0.25, 0.3) is 0 Å². The molecule has 142 valence electrons. The molecule has 4 rings (SSSR count). The molecule has 2 N–H and O–H groups in total. The molecule has 10 heteroatoms. The summed E-state index contributed by atoms with van der Waals surface area (Å²) in [5.41, 5.74) is 3.89. The van der Waals surface area contributed by atoms with Gasteiger partial charge >= 0.3 is 0 Å². The van der Waals surface area contributed by atoms with Gasteiger partial charge in [0.1, 0.15) is 16.9 Å². The average molecular weight is 391 g/mol. The number of halogens is 2. The molecule has 1 unspecified atom stereocenters. The lowest BCUT2D eigenvalue weighted by atomic mass is 9.86. The summed E-state index contributed by atoms with van der Waals surface area (Å²) in [4.78, 5) is 23.5. The van der Waals surface area contributed by atoms with Gasteiger partial charge in [-0.1, -0.05) is 11.8 Å². The molecule has 2 aromatic rings. The predicted octanol–water partition coefficient (Wildman–Crippen LogP) is 2.00. The predicted molar refractivity (Wildman–Crippen MR) is 99.6 cm³/mol. The van der Waals surface area contributed by atoms with Crippen LogP contribution in [0.1, 0.15) is 25.2 Å². The van der Waals surface area contributed by atoms with Gasteiger partial charge in [-0.2, -0.15) is 0 Å². The highest BCUT2D eigenvalue weighted by Crippen LogP contribution is 2.45. The summed E-state index contributed by atoms with van der Waals surface area (Å²) in [5.74, 6) is 0.366. The number of aromatic nitrogens is 4. The maximum Gasteiger partial charge on any atom is 0.225 e. The number of fused-ring (bicyclic) bond motifs is 1. The molecule has 1 fully saturated rings. The Bertz CT molecular complexity index is 887. The van der Waals surface area contributed by atoms with Crippen molar-refractivity contribution in [1.29, 1.82) is 0 Å². The quantitative estimate of drug-likeness (QED) is 0.855. The summed E-state index contributed by atoms with van der Waals surface area (Å²) in [6.45, 7) is 3.54. The van der Waals surface area contributed by atoms with E-state index in [2.05, 4.69) is 19.9 Å². The fourth-order valence-electron chi connectivity index (χ4n) is 3.58. The van der Waals surface area contributed by atoms with Crippen LogP contribution in [-0.4, -0.2) is 43.9 Å². The first-order chi connectivity index (χ1) is 12.8. The molecule has 2 aromatic heterocycles. The van der Waals surface area contributed by atoms with Crippen molar-refractivity contribution in [3.8, 4) is 0 Å².